The summed E-state index contributed by atoms with van der Waals surface area (Å²) in [6, 6.07) is 0. The summed E-state index contributed by atoms with van der Waals surface area (Å²) >= 11 is 0. The highest BCUT2D eigenvalue weighted by Gasteiger charge is 2.16. The van der Waals surface area contributed by atoms with E-state index < -0.39 is 0 Å². The Morgan fingerprint density at radius 2 is 1.33 bits per heavy atom. The summed E-state index contributed by atoms with van der Waals surface area (Å²) in [6.07, 6.45) is 0. The van der Waals surface area contributed by atoms with Crippen molar-refractivity contribution in [3.8, 4) is 11.5 Å². The van der Waals surface area contributed by atoms with Crippen molar-refractivity contribution in [3.05, 3.63) is 33.8 Å². The van der Waals surface area contributed by atoms with Crippen LogP contribution < -0.4 is 0 Å². The van der Waals surface area contributed by atoms with E-state index in [2.05, 4.69) is 51.2 Å². The van der Waals surface area contributed by atoms with E-state index in [1.54, 1.807) is 0 Å². The van der Waals surface area contributed by atoms with Gasteiger partial charge in [0, 0.05) is 18.4 Å². The molecule has 0 fully saturated rings. The average molecular weight is 243 g/mol. The minimum atomic E-state index is 0.966. The average Bonchev–Trinajstić information content (AvgIpc) is 2.59. The van der Waals surface area contributed by atoms with Crippen LogP contribution in [0.5, 0.6) is 0 Å². The molecule has 0 aliphatic heterocycles. The molecule has 0 aliphatic carbocycles. The number of imidazole rings is 1. The Bertz CT molecular complexity index is 621. The highest BCUT2D eigenvalue weighted by Crippen LogP contribution is 2.27. The van der Waals surface area contributed by atoms with Gasteiger partial charge in [0.2, 0.25) is 0 Å². The molecule has 2 aromatic rings. The summed E-state index contributed by atoms with van der Waals surface area (Å²) in [6.45, 7) is 12.6. The van der Waals surface area contributed by atoms with Crippen LogP contribution >= 0.6 is 0 Å². The third kappa shape index (κ3) is 1.74. The molecule has 2 aromatic heterocycles. The second-order valence-electron chi connectivity index (χ2n) is 5.09. The van der Waals surface area contributed by atoms with Crippen molar-refractivity contribution >= 4 is 0 Å². The van der Waals surface area contributed by atoms with Crippen molar-refractivity contribution < 1.29 is 0 Å². The van der Waals surface area contributed by atoms with Crippen molar-refractivity contribution in [1.29, 1.82) is 0 Å². The van der Waals surface area contributed by atoms with Crippen LogP contribution in [-0.4, -0.2) is 14.5 Å². The number of nitrogens with zero attached hydrogens (tertiary/aromatic N) is 3. The molecule has 0 atom stereocenters. The summed E-state index contributed by atoms with van der Waals surface area (Å²) in [4.78, 5) is 9.39. The van der Waals surface area contributed by atoms with E-state index in [0.29, 0.717) is 0 Å². The first-order valence-corrected chi connectivity index (χ1v) is 6.29. The zero-order valence-electron chi connectivity index (χ0n) is 12.3. The van der Waals surface area contributed by atoms with Crippen molar-refractivity contribution in [2.75, 3.05) is 0 Å². The standard InChI is InChI=1S/C15H21N3/c1-8-9(2)11(4)16-14(10(8)3)15-17-12(5)13(6)18(15)7/h1-7H3. The summed E-state index contributed by atoms with van der Waals surface area (Å²) in [5, 5.41) is 0. The van der Waals surface area contributed by atoms with E-state index in [1.807, 2.05) is 6.92 Å². The van der Waals surface area contributed by atoms with Crippen molar-refractivity contribution in [3.63, 3.8) is 0 Å². The van der Waals surface area contributed by atoms with Gasteiger partial charge in [-0.15, -0.1) is 0 Å². The molecule has 96 valence electrons. The van der Waals surface area contributed by atoms with Crippen LogP contribution in [-0.2, 0) is 7.05 Å². The molecule has 0 radical (unpaired) electrons. The smallest absolute Gasteiger partial charge is 0.159 e. The maximum Gasteiger partial charge on any atom is 0.159 e. The number of hydrogen-bond acceptors (Lipinski definition) is 2. The maximum atomic E-state index is 4.74. The fourth-order valence-corrected chi connectivity index (χ4v) is 2.21. The lowest BCUT2D eigenvalue weighted by atomic mass is 10.0. The molecule has 3 heteroatoms. The van der Waals surface area contributed by atoms with E-state index in [0.717, 1.165) is 22.9 Å². The lowest BCUT2D eigenvalue weighted by Gasteiger charge is -2.13. The highest BCUT2D eigenvalue weighted by atomic mass is 15.1. The van der Waals surface area contributed by atoms with Gasteiger partial charge >= 0.3 is 0 Å². The second-order valence-corrected chi connectivity index (χ2v) is 5.09. The number of rotatable bonds is 1. The van der Waals surface area contributed by atoms with Crippen LogP contribution in [0.2, 0.25) is 0 Å². The molecule has 0 aliphatic rings. The van der Waals surface area contributed by atoms with Gasteiger partial charge in [0.1, 0.15) is 5.69 Å². The largest absolute Gasteiger partial charge is 0.330 e. The van der Waals surface area contributed by atoms with Gasteiger partial charge in [-0.1, -0.05) is 0 Å². The molecule has 0 saturated carbocycles. The molecule has 0 N–H and O–H groups in total. The first kappa shape index (κ1) is 12.8. The van der Waals surface area contributed by atoms with Gasteiger partial charge in [-0.2, -0.15) is 0 Å². The Balaban J connectivity index is 2.76. The van der Waals surface area contributed by atoms with E-state index in [4.69, 9.17) is 4.98 Å². The second kappa shape index (κ2) is 4.23. The van der Waals surface area contributed by atoms with Crippen LogP contribution in [0, 0.1) is 41.5 Å². The van der Waals surface area contributed by atoms with E-state index >= 15 is 0 Å². The van der Waals surface area contributed by atoms with Crippen LogP contribution in [0.3, 0.4) is 0 Å². The van der Waals surface area contributed by atoms with Gasteiger partial charge in [0.25, 0.3) is 0 Å². The lowest BCUT2D eigenvalue weighted by Crippen LogP contribution is -2.03. The fraction of sp³-hybridized carbons (Fsp3) is 0.467. The van der Waals surface area contributed by atoms with Crippen LogP contribution in [0.1, 0.15) is 33.8 Å². The highest BCUT2D eigenvalue weighted by molar-refractivity contribution is 5.60. The molecule has 2 rings (SSSR count). The summed E-state index contributed by atoms with van der Waals surface area (Å²) in [7, 11) is 2.05. The molecular weight excluding hydrogens is 222 g/mol. The van der Waals surface area contributed by atoms with Crippen molar-refractivity contribution in [2.24, 2.45) is 7.05 Å². The Morgan fingerprint density at radius 3 is 1.83 bits per heavy atom. The number of aromatic nitrogens is 3. The van der Waals surface area contributed by atoms with Gasteiger partial charge in [0.15, 0.2) is 5.82 Å². The fourth-order valence-electron chi connectivity index (χ4n) is 2.21. The quantitative estimate of drug-likeness (QED) is 0.769. The minimum absolute atomic E-state index is 0.966. The molecule has 0 spiro atoms. The Hall–Kier alpha value is -1.64. The monoisotopic (exact) mass is 243 g/mol. The number of aryl methyl sites for hydroxylation is 2. The zero-order chi connectivity index (χ0) is 13.6. The third-order valence-electron chi connectivity index (χ3n) is 4.13. The summed E-state index contributed by atoms with van der Waals surface area (Å²) in [5.74, 6) is 0.966. The summed E-state index contributed by atoms with van der Waals surface area (Å²) in [5.41, 5.74) is 8.19. The number of pyridine rings is 1. The lowest BCUT2D eigenvalue weighted by molar-refractivity contribution is 0.871. The molecule has 18 heavy (non-hydrogen) atoms. The predicted molar refractivity (Wildman–Crippen MR) is 74.9 cm³/mol. The third-order valence-corrected chi connectivity index (χ3v) is 4.13. The Kier molecular flexibility index (Phi) is 3.01. The van der Waals surface area contributed by atoms with Gasteiger partial charge in [-0.25, -0.2) is 9.97 Å². The molecule has 2 heterocycles. The number of hydrogen-bond donors (Lipinski definition) is 0. The van der Waals surface area contributed by atoms with Gasteiger partial charge in [-0.3, -0.25) is 0 Å². The van der Waals surface area contributed by atoms with Gasteiger partial charge in [0.05, 0.1) is 5.69 Å². The molecule has 0 aromatic carbocycles. The Labute approximate surface area is 109 Å². The topological polar surface area (TPSA) is 30.7 Å². The van der Waals surface area contributed by atoms with E-state index in [1.165, 1.54) is 22.4 Å². The molecule has 0 amide bonds. The molecule has 0 bridgehead atoms. The van der Waals surface area contributed by atoms with Gasteiger partial charge in [-0.05, 0) is 58.2 Å². The first-order valence-electron chi connectivity index (χ1n) is 6.29. The first-order chi connectivity index (χ1) is 8.34. The van der Waals surface area contributed by atoms with E-state index in [9.17, 15) is 0 Å². The normalized spacial score (nSPS) is 11.1. The summed E-state index contributed by atoms with van der Waals surface area (Å²) < 4.78 is 2.12. The van der Waals surface area contributed by atoms with Gasteiger partial charge < -0.3 is 4.57 Å². The minimum Gasteiger partial charge on any atom is -0.330 e. The van der Waals surface area contributed by atoms with E-state index in [-0.39, 0.29) is 0 Å². The SMILES string of the molecule is Cc1nc(-c2nc(C)c(C)n2C)c(C)c(C)c1C. The van der Waals surface area contributed by atoms with Crippen LogP contribution in [0.15, 0.2) is 0 Å². The van der Waals surface area contributed by atoms with Crippen LogP contribution in [0.25, 0.3) is 11.5 Å². The Morgan fingerprint density at radius 1 is 0.722 bits per heavy atom. The molecule has 3 nitrogen and oxygen atoms in total. The van der Waals surface area contributed by atoms with Crippen LogP contribution in [0.4, 0.5) is 0 Å². The predicted octanol–water partition coefficient (Wildman–Crippen LogP) is 3.33. The molecule has 0 unspecified atom stereocenters. The van der Waals surface area contributed by atoms with Crippen molar-refractivity contribution in [1.82, 2.24) is 14.5 Å². The molecule has 0 saturated heterocycles. The van der Waals surface area contributed by atoms with Crippen molar-refractivity contribution in [2.45, 2.75) is 41.5 Å². The molecular formula is C15H21N3. The zero-order valence-corrected chi connectivity index (χ0v) is 12.3. The maximum absolute atomic E-state index is 4.74.